The molecular weight excluding hydrogens is 172 g/mol. The van der Waals surface area contributed by atoms with E-state index in [-0.39, 0.29) is 0 Å². The van der Waals surface area contributed by atoms with E-state index in [0.29, 0.717) is 24.4 Å². The van der Waals surface area contributed by atoms with Crippen LogP contribution in [-0.4, -0.2) is 11.7 Å². The molecule has 1 aliphatic rings. The lowest BCUT2D eigenvalue weighted by Crippen LogP contribution is -1.90. The monoisotopic (exact) mass is 190 g/mol. The molecule has 0 aliphatic heterocycles. The zero-order valence-electron chi connectivity index (χ0n) is 8.90. The zero-order valence-corrected chi connectivity index (χ0v) is 8.90. The van der Waals surface area contributed by atoms with E-state index >= 15 is 0 Å². The van der Waals surface area contributed by atoms with Crippen molar-refractivity contribution in [3.8, 4) is 0 Å². The third kappa shape index (κ3) is 1.83. The normalized spacial score (nSPS) is 25.4. The van der Waals surface area contributed by atoms with Crippen molar-refractivity contribution in [2.45, 2.75) is 32.1 Å². The van der Waals surface area contributed by atoms with Crippen molar-refractivity contribution in [2.24, 2.45) is 5.92 Å². The number of rotatable bonds is 3. The predicted molar refractivity (Wildman–Crippen MR) is 58.5 cm³/mol. The molecule has 1 heteroatoms. The molecule has 0 saturated heterocycles. The highest BCUT2D eigenvalue weighted by atomic mass is 16.3. The smallest absolute Gasteiger partial charge is 0.0465 e. The van der Waals surface area contributed by atoms with Crippen molar-refractivity contribution in [2.75, 3.05) is 6.61 Å². The minimum absolute atomic E-state index is 0.344. The van der Waals surface area contributed by atoms with E-state index in [4.69, 9.17) is 5.11 Å². The zero-order chi connectivity index (χ0) is 10.1. The molecule has 1 aliphatic carbocycles. The van der Waals surface area contributed by atoms with E-state index in [1.165, 1.54) is 11.1 Å². The molecule has 0 heterocycles. The van der Waals surface area contributed by atoms with Crippen molar-refractivity contribution in [3.05, 3.63) is 35.4 Å². The Morgan fingerprint density at radius 3 is 2.36 bits per heavy atom. The summed E-state index contributed by atoms with van der Waals surface area (Å²) in [7, 11) is 0. The SMILES string of the molecule is CC(C)c1ccc([C@H]2C[C@H]2CO)cc1. The quantitative estimate of drug-likeness (QED) is 0.777. The van der Waals surface area contributed by atoms with Crippen molar-refractivity contribution < 1.29 is 5.11 Å². The highest BCUT2D eigenvalue weighted by Gasteiger charge is 2.37. The van der Waals surface area contributed by atoms with E-state index < -0.39 is 0 Å². The summed E-state index contributed by atoms with van der Waals surface area (Å²) in [6.07, 6.45) is 1.16. The average Bonchev–Trinajstić information content (AvgIpc) is 2.97. The maximum Gasteiger partial charge on any atom is 0.0465 e. The Morgan fingerprint density at radius 2 is 1.93 bits per heavy atom. The molecule has 0 spiro atoms. The summed E-state index contributed by atoms with van der Waals surface area (Å²) in [4.78, 5) is 0. The van der Waals surface area contributed by atoms with Gasteiger partial charge >= 0.3 is 0 Å². The molecule has 0 unspecified atom stereocenters. The molecule has 1 aromatic rings. The maximum absolute atomic E-state index is 8.98. The minimum atomic E-state index is 0.344. The highest BCUT2D eigenvalue weighted by Crippen LogP contribution is 2.46. The Bertz CT molecular complexity index is 300. The van der Waals surface area contributed by atoms with Gasteiger partial charge in [-0.2, -0.15) is 0 Å². The second-order valence-electron chi connectivity index (χ2n) is 4.61. The molecule has 1 nitrogen and oxygen atoms in total. The average molecular weight is 190 g/mol. The van der Waals surface area contributed by atoms with Crippen LogP contribution in [0, 0.1) is 5.92 Å². The summed E-state index contributed by atoms with van der Waals surface area (Å²) in [6.45, 7) is 4.77. The van der Waals surface area contributed by atoms with Crippen LogP contribution in [-0.2, 0) is 0 Å². The van der Waals surface area contributed by atoms with Crippen molar-refractivity contribution in [1.29, 1.82) is 0 Å². The van der Waals surface area contributed by atoms with Gasteiger partial charge in [0, 0.05) is 6.61 Å². The predicted octanol–water partition coefficient (Wildman–Crippen LogP) is 2.91. The first kappa shape index (κ1) is 9.72. The van der Waals surface area contributed by atoms with Crippen LogP contribution >= 0.6 is 0 Å². The van der Waals surface area contributed by atoms with Crippen LogP contribution in [0.15, 0.2) is 24.3 Å². The number of aliphatic hydroxyl groups excluding tert-OH is 1. The molecule has 0 bridgehead atoms. The molecule has 2 atom stereocenters. The first-order chi connectivity index (χ1) is 6.72. The molecule has 0 aromatic heterocycles. The summed E-state index contributed by atoms with van der Waals surface area (Å²) >= 11 is 0. The van der Waals surface area contributed by atoms with Gasteiger partial charge in [0.15, 0.2) is 0 Å². The molecule has 76 valence electrons. The molecule has 1 aromatic carbocycles. The number of benzene rings is 1. The van der Waals surface area contributed by atoms with Crippen molar-refractivity contribution in [3.63, 3.8) is 0 Å². The summed E-state index contributed by atoms with van der Waals surface area (Å²) in [5.41, 5.74) is 2.79. The van der Waals surface area contributed by atoms with Gasteiger partial charge in [0.05, 0.1) is 0 Å². The molecule has 1 saturated carbocycles. The standard InChI is InChI=1S/C13H18O/c1-9(2)10-3-5-11(6-4-10)13-7-12(13)8-14/h3-6,9,12-14H,7-8H2,1-2H3/t12-,13+/m0/s1. The van der Waals surface area contributed by atoms with Crippen LogP contribution in [0.5, 0.6) is 0 Å². The molecule has 2 rings (SSSR count). The Morgan fingerprint density at radius 1 is 1.29 bits per heavy atom. The lowest BCUT2D eigenvalue weighted by molar-refractivity contribution is 0.274. The minimum Gasteiger partial charge on any atom is -0.396 e. The van der Waals surface area contributed by atoms with Crippen LogP contribution in [0.25, 0.3) is 0 Å². The van der Waals surface area contributed by atoms with Gasteiger partial charge in [0.1, 0.15) is 0 Å². The second-order valence-corrected chi connectivity index (χ2v) is 4.61. The number of hydrogen-bond donors (Lipinski definition) is 1. The maximum atomic E-state index is 8.98. The van der Waals surface area contributed by atoms with Gasteiger partial charge in [-0.1, -0.05) is 38.1 Å². The second kappa shape index (κ2) is 3.74. The lowest BCUT2D eigenvalue weighted by Gasteiger charge is -2.06. The van der Waals surface area contributed by atoms with E-state index in [0.717, 1.165) is 6.42 Å². The number of aliphatic hydroxyl groups is 1. The molecule has 1 N–H and O–H groups in total. The van der Waals surface area contributed by atoms with Gasteiger partial charge in [0.2, 0.25) is 0 Å². The van der Waals surface area contributed by atoms with Gasteiger partial charge in [-0.05, 0) is 35.3 Å². The summed E-state index contributed by atoms with van der Waals surface area (Å²) in [5, 5.41) is 8.98. The van der Waals surface area contributed by atoms with Gasteiger partial charge in [-0.15, -0.1) is 0 Å². The molecule has 0 radical (unpaired) electrons. The van der Waals surface area contributed by atoms with Crippen LogP contribution in [0.2, 0.25) is 0 Å². The fraction of sp³-hybridized carbons (Fsp3) is 0.538. The van der Waals surface area contributed by atoms with Crippen LogP contribution in [0.4, 0.5) is 0 Å². The largest absolute Gasteiger partial charge is 0.396 e. The van der Waals surface area contributed by atoms with Gasteiger partial charge in [0.25, 0.3) is 0 Å². The van der Waals surface area contributed by atoms with E-state index in [1.807, 2.05) is 0 Å². The van der Waals surface area contributed by atoms with E-state index in [1.54, 1.807) is 0 Å². The summed E-state index contributed by atoms with van der Waals surface area (Å²) < 4.78 is 0. The number of hydrogen-bond acceptors (Lipinski definition) is 1. The Kier molecular flexibility index (Phi) is 2.60. The van der Waals surface area contributed by atoms with E-state index in [2.05, 4.69) is 38.1 Å². The Balaban J connectivity index is 2.08. The molecule has 1 fully saturated rings. The summed E-state index contributed by atoms with van der Waals surface area (Å²) in [5.74, 6) is 1.76. The third-order valence-electron chi connectivity index (χ3n) is 3.19. The van der Waals surface area contributed by atoms with Crippen LogP contribution < -0.4 is 0 Å². The molecular formula is C13H18O. The van der Waals surface area contributed by atoms with Gasteiger partial charge < -0.3 is 5.11 Å². The van der Waals surface area contributed by atoms with Gasteiger partial charge in [-0.25, -0.2) is 0 Å². The summed E-state index contributed by atoms with van der Waals surface area (Å²) in [6, 6.07) is 8.87. The topological polar surface area (TPSA) is 20.2 Å². The fourth-order valence-corrected chi connectivity index (χ4v) is 1.99. The Hall–Kier alpha value is -0.820. The van der Waals surface area contributed by atoms with E-state index in [9.17, 15) is 0 Å². The van der Waals surface area contributed by atoms with Crippen LogP contribution in [0.3, 0.4) is 0 Å². The molecule has 14 heavy (non-hydrogen) atoms. The first-order valence-corrected chi connectivity index (χ1v) is 5.43. The van der Waals surface area contributed by atoms with Crippen molar-refractivity contribution >= 4 is 0 Å². The highest BCUT2D eigenvalue weighted by molar-refractivity contribution is 5.30. The third-order valence-corrected chi connectivity index (χ3v) is 3.19. The van der Waals surface area contributed by atoms with Crippen LogP contribution in [0.1, 0.15) is 43.2 Å². The van der Waals surface area contributed by atoms with Crippen molar-refractivity contribution in [1.82, 2.24) is 0 Å². The Labute approximate surface area is 85.8 Å². The molecule has 0 amide bonds. The lowest BCUT2D eigenvalue weighted by atomic mass is 10.00. The van der Waals surface area contributed by atoms with Gasteiger partial charge in [-0.3, -0.25) is 0 Å². The fourth-order valence-electron chi connectivity index (χ4n) is 1.99. The first-order valence-electron chi connectivity index (χ1n) is 5.43.